The SMILES string of the molecule is Cc1ccnc2c1ccc1c(CCCC(F)(F)F)ccnc12. The minimum Gasteiger partial charge on any atom is -0.254 e. The van der Waals surface area contributed by atoms with Crippen molar-refractivity contribution in [2.24, 2.45) is 0 Å². The van der Waals surface area contributed by atoms with Crippen LogP contribution in [0.15, 0.2) is 36.7 Å². The molecule has 2 aromatic heterocycles. The van der Waals surface area contributed by atoms with Gasteiger partial charge in [-0.05, 0) is 43.0 Å². The fraction of sp³-hybridized carbons (Fsp3) is 0.294. The van der Waals surface area contributed by atoms with Crippen LogP contribution in [0.25, 0.3) is 21.8 Å². The number of aryl methyl sites for hydroxylation is 2. The summed E-state index contributed by atoms with van der Waals surface area (Å²) in [6, 6.07) is 7.62. The lowest BCUT2D eigenvalue weighted by molar-refractivity contribution is -0.135. The van der Waals surface area contributed by atoms with Crippen LogP contribution in [0, 0.1) is 6.92 Å². The zero-order valence-corrected chi connectivity index (χ0v) is 12.1. The van der Waals surface area contributed by atoms with Gasteiger partial charge in [0.2, 0.25) is 0 Å². The molecule has 0 N–H and O–H groups in total. The number of nitrogens with zero attached hydrogens (tertiary/aromatic N) is 2. The molecule has 0 aliphatic carbocycles. The third-order valence-corrected chi connectivity index (χ3v) is 3.84. The monoisotopic (exact) mass is 304 g/mol. The molecule has 3 rings (SSSR count). The van der Waals surface area contributed by atoms with Gasteiger partial charge in [0.25, 0.3) is 0 Å². The number of halogens is 3. The zero-order chi connectivity index (χ0) is 15.7. The minimum atomic E-state index is -4.10. The summed E-state index contributed by atoms with van der Waals surface area (Å²) in [7, 11) is 0. The number of alkyl halides is 3. The van der Waals surface area contributed by atoms with Gasteiger partial charge in [0.15, 0.2) is 0 Å². The van der Waals surface area contributed by atoms with Crippen molar-refractivity contribution in [3.63, 3.8) is 0 Å². The standard InChI is InChI=1S/C17H15F3N2/c1-11-6-9-21-15-13(11)4-5-14-12(7-10-22-16(14)15)3-2-8-17(18,19)20/h4-7,9-10H,2-3,8H2,1H3. The Morgan fingerprint density at radius 1 is 0.909 bits per heavy atom. The second kappa shape index (κ2) is 5.55. The van der Waals surface area contributed by atoms with Gasteiger partial charge in [-0.2, -0.15) is 13.2 Å². The van der Waals surface area contributed by atoms with Gasteiger partial charge in [-0.1, -0.05) is 12.1 Å². The average Bonchev–Trinajstić information content (AvgIpc) is 2.46. The highest BCUT2D eigenvalue weighted by Gasteiger charge is 2.26. The predicted octanol–water partition coefficient (Wildman–Crippen LogP) is 4.98. The van der Waals surface area contributed by atoms with E-state index in [1.807, 2.05) is 25.1 Å². The molecule has 0 amide bonds. The maximum absolute atomic E-state index is 12.3. The van der Waals surface area contributed by atoms with Crippen LogP contribution >= 0.6 is 0 Å². The third-order valence-electron chi connectivity index (χ3n) is 3.84. The van der Waals surface area contributed by atoms with Crippen molar-refractivity contribution in [1.29, 1.82) is 0 Å². The Labute approximate surface area is 126 Å². The van der Waals surface area contributed by atoms with E-state index >= 15 is 0 Å². The van der Waals surface area contributed by atoms with E-state index in [4.69, 9.17) is 0 Å². The Hall–Kier alpha value is -2.17. The van der Waals surface area contributed by atoms with Crippen LogP contribution in [0.3, 0.4) is 0 Å². The lowest BCUT2D eigenvalue weighted by atomic mass is 10.0. The Morgan fingerprint density at radius 2 is 1.55 bits per heavy atom. The highest BCUT2D eigenvalue weighted by Crippen LogP contribution is 2.28. The molecule has 0 saturated carbocycles. The highest BCUT2D eigenvalue weighted by atomic mass is 19.4. The lowest BCUT2D eigenvalue weighted by Crippen LogP contribution is -2.07. The van der Waals surface area contributed by atoms with Crippen LogP contribution in [0.4, 0.5) is 13.2 Å². The summed E-state index contributed by atoms with van der Waals surface area (Å²) in [6.07, 6.45) is -1.02. The fourth-order valence-electron chi connectivity index (χ4n) is 2.72. The number of rotatable bonds is 3. The second-order valence-corrected chi connectivity index (χ2v) is 5.42. The molecule has 1 aromatic carbocycles. The van der Waals surface area contributed by atoms with Crippen molar-refractivity contribution in [3.05, 3.63) is 47.8 Å². The summed E-state index contributed by atoms with van der Waals surface area (Å²) >= 11 is 0. The summed E-state index contributed by atoms with van der Waals surface area (Å²) in [4.78, 5) is 8.77. The molecule has 0 spiro atoms. The van der Waals surface area contributed by atoms with Gasteiger partial charge >= 0.3 is 6.18 Å². The maximum Gasteiger partial charge on any atom is 0.389 e. The van der Waals surface area contributed by atoms with Gasteiger partial charge in [0.1, 0.15) is 0 Å². The summed E-state index contributed by atoms with van der Waals surface area (Å²) in [6.45, 7) is 2.00. The van der Waals surface area contributed by atoms with Crippen molar-refractivity contribution < 1.29 is 13.2 Å². The third kappa shape index (κ3) is 2.89. The smallest absolute Gasteiger partial charge is 0.254 e. The largest absolute Gasteiger partial charge is 0.389 e. The number of pyridine rings is 2. The van der Waals surface area contributed by atoms with Crippen molar-refractivity contribution >= 4 is 21.8 Å². The van der Waals surface area contributed by atoms with Gasteiger partial charge < -0.3 is 0 Å². The normalized spacial score (nSPS) is 12.2. The molecule has 0 bridgehead atoms. The molecule has 0 unspecified atom stereocenters. The first kappa shape index (κ1) is 14.8. The van der Waals surface area contributed by atoms with E-state index in [9.17, 15) is 13.2 Å². The maximum atomic E-state index is 12.3. The Balaban J connectivity index is 2.02. The lowest BCUT2D eigenvalue weighted by Gasteiger charge is -2.10. The van der Waals surface area contributed by atoms with Crippen LogP contribution < -0.4 is 0 Å². The van der Waals surface area contributed by atoms with E-state index in [2.05, 4.69) is 9.97 Å². The summed E-state index contributed by atoms with van der Waals surface area (Å²) in [5.41, 5.74) is 3.55. The second-order valence-electron chi connectivity index (χ2n) is 5.42. The molecule has 3 aromatic rings. The van der Waals surface area contributed by atoms with Crippen molar-refractivity contribution in [2.75, 3.05) is 0 Å². The van der Waals surface area contributed by atoms with Gasteiger partial charge in [-0.3, -0.25) is 9.97 Å². The van der Waals surface area contributed by atoms with Crippen molar-refractivity contribution in [3.8, 4) is 0 Å². The van der Waals surface area contributed by atoms with Crippen LogP contribution in [-0.4, -0.2) is 16.1 Å². The van der Waals surface area contributed by atoms with Crippen LogP contribution in [0.1, 0.15) is 24.0 Å². The van der Waals surface area contributed by atoms with Crippen molar-refractivity contribution in [1.82, 2.24) is 9.97 Å². The first-order valence-corrected chi connectivity index (χ1v) is 7.14. The minimum absolute atomic E-state index is 0.0852. The molecule has 0 saturated heterocycles. The van der Waals surface area contributed by atoms with Gasteiger partial charge in [-0.25, -0.2) is 0 Å². The average molecular weight is 304 g/mol. The van der Waals surface area contributed by atoms with Crippen LogP contribution in [-0.2, 0) is 6.42 Å². The molecule has 0 radical (unpaired) electrons. The molecule has 5 heteroatoms. The molecular formula is C17H15F3N2. The van der Waals surface area contributed by atoms with E-state index in [0.29, 0.717) is 6.42 Å². The number of hydrogen-bond acceptors (Lipinski definition) is 2. The van der Waals surface area contributed by atoms with E-state index in [-0.39, 0.29) is 6.42 Å². The summed E-state index contributed by atoms with van der Waals surface area (Å²) < 4.78 is 36.9. The molecule has 114 valence electrons. The van der Waals surface area contributed by atoms with Gasteiger partial charge in [-0.15, -0.1) is 0 Å². The van der Waals surface area contributed by atoms with Gasteiger partial charge in [0.05, 0.1) is 11.0 Å². The first-order chi connectivity index (χ1) is 10.5. The van der Waals surface area contributed by atoms with E-state index in [1.54, 1.807) is 18.5 Å². The fourth-order valence-corrected chi connectivity index (χ4v) is 2.72. The number of aromatic nitrogens is 2. The Morgan fingerprint density at radius 3 is 2.27 bits per heavy atom. The highest BCUT2D eigenvalue weighted by molar-refractivity contribution is 6.04. The van der Waals surface area contributed by atoms with E-state index < -0.39 is 12.6 Å². The predicted molar refractivity (Wildman–Crippen MR) is 80.8 cm³/mol. The molecule has 2 heterocycles. The zero-order valence-electron chi connectivity index (χ0n) is 12.1. The summed E-state index contributed by atoms with van der Waals surface area (Å²) in [5.74, 6) is 0. The first-order valence-electron chi connectivity index (χ1n) is 7.14. The van der Waals surface area contributed by atoms with E-state index in [1.165, 1.54) is 0 Å². The molecule has 0 fully saturated rings. The van der Waals surface area contributed by atoms with Crippen LogP contribution in [0.5, 0.6) is 0 Å². The molecule has 0 aliphatic heterocycles. The van der Waals surface area contributed by atoms with Crippen LogP contribution in [0.2, 0.25) is 0 Å². The Kier molecular flexibility index (Phi) is 3.72. The summed E-state index contributed by atoms with van der Waals surface area (Å²) in [5, 5.41) is 1.91. The molecule has 22 heavy (non-hydrogen) atoms. The molecular weight excluding hydrogens is 289 g/mol. The Bertz CT molecular complexity index is 825. The molecule has 2 nitrogen and oxygen atoms in total. The van der Waals surface area contributed by atoms with E-state index in [0.717, 1.165) is 32.9 Å². The molecule has 0 atom stereocenters. The van der Waals surface area contributed by atoms with Crippen molar-refractivity contribution in [2.45, 2.75) is 32.4 Å². The quantitative estimate of drug-likeness (QED) is 0.638. The number of fused-ring (bicyclic) bond motifs is 3. The number of benzene rings is 1. The number of hydrogen-bond donors (Lipinski definition) is 0. The molecule has 0 aliphatic rings. The topological polar surface area (TPSA) is 25.8 Å². The van der Waals surface area contributed by atoms with Gasteiger partial charge in [0, 0.05) is 29.6 Å².